The molecule has 0 aromatic heterocycles. The molecule has 0 saturated heterocycles. The molecule has 0 N–H and O–H groups in total. The zero-order valence-electron chi connectivity index (χ0n) is 11.4. The molecule has 1 atom stereocenters. The van der Waals surface area contributed by atoms with Crippen LogP contribution < -0.4 is 4.18 Å². The second-order valence-electron chi connectivity index (χ2n) is 5.00. The summed E-state index contributed by atoms with van der Waals surface area (Å²) in [5.41, 5.74) is -3.27. The van der Waals surface area contributed by atoms with E-state index in [0.29, 0.717) is 12.0 Å². The van der Waals surface area contributed by atoms with Gasteiger partial charge in [0.05, 0.1) is 0 Å². The highest BCUT2D eigenvalue weighted by atomic mass is 32.2. The summed E-state index contributed by atoms with van der Waals surface area (Å²) < 4.78 is 64.8. The first-order valence-electron chi connectivity index (χ1n) is 6.07. The fourth-order valence-electron chi connectivity index (χ4n) is 1.59. The van der Waals surface area contributed by atoms with E-state index in [9.17, 15) is 21.6 Å². The summed E-state index contributed by atoms with van der Waals surface area (Å²) in [6.07, 6.45) is -2.98. The van der Waals surface area contributed by atoms with Gasteiger partial charge in [0.2, 0.25) is 0 Å². The van der Waals surface area contributed by atoms with E-state index in [4.69, 9.17) is 0 Å². The van der Waals surface area contributed by atoms with E-state index in [1.165, 1.54) is 12.1 Å². The average Bonchev–Trinajstić information content (AvgIpc) is 2.37. The fraction of sp³-hybridized carbons (Fsp3) is 0.538. The second-order valence-corrected chi connectivity index (χ2v) is 6.60. The summed E-state index contributed by atoms with van der Waals surface area (Å²) in [4.78, 5) is 0. The minimum absolute atomic E-state index is 0.123. The molecule has 0 fully saturated rings. The Balaban J connectivity index is 3.18. The largest absolute Gasteiger partial charge is 0.380 e. The van der Waals surface area contributed by atoms with Crippen molar-refractivity contribution in [2.75, 3.05) is 0 Å². The van der Waals surface area contributed by atoms with Gasteiger partial charge in [0.1, 0.15) is 5.75 Å². The molecule has 3 nitrogen and oxygen atoms in total. The van der Waals surface area contributed by atoms with Crippen molar-refractivity contribution in [3.8, 4) is 5.75 Å². The van der Waals surface area contributed by atoms with Crippen molar-refractivity contribution in [1.29, 1.82) is 0 Å². The number of hydrogen-bond donors (Lipinski definition) is 0. The van der Waals surface area contributed by atoms with E-state index < -0.39 is 27.5 Å². The van der Waals surface area contributed by atoms with Crippen LogP contribution in [-0.2, 0) is 15.5 Å². The summed E-state index contributed by atoms with van der Waals surface area (Å²) in [6, 6.07) is 6.12. The Bertz CT molecular complexity index is 556. The van der Waals surface area contributed by atoms with Gasteiger partial charge >= 0.3 is 10.1 Å². The van der Waals surface area contributed by atoms with Crippen LogP contribution in [0.5, 0.6) is 5.75 Å². The van der Waals surface area contributed by atoms with Gasteiger partial charge in [-0.25, -0.2) is 13.2 Å². The van der Waals surface area contributed by atoms with Gasteiger partial charge in [-0.1, -0.05) is 39.0 Å². The minimum atomic E-state index is -5.02. The third kappa shape index (κ3) is 3.65. The van der Waals surface area contributed by atoms with Gasteiger partial charge in [0.15, 0.2) is 0 Å². The molecule has 1 rings (SSSR count). The predicted octanol–water partition coefficient (Wildman–Crippen LogP) is 3.64. The standard InChI is InChI=1S/C13H17F3O3S/c1-4-13(2,3)9-7-5-6-8-10(9)19-20(17,18)12(16)11(14)15/h5-8,11-12H,4H2,1-3H3. The van der Waals surface area contributed by atoms with Gasteiger partial charge in [0.25, 0.3) is 11.9 Å². The van der Waals surface area contributed by atoms with Crippen LogP contribution in [0.3, 0.4) is 0 Å². The molecule has 20 heavy (non-hydrogen) atoms. The Labute approximate surface area is 116 Å². The van der Waals surface area contributed by atoms with Crippen molar-refractivity contribution < 1.29 is 25.8 Å². The molecule has 0 spiro atoms. The smallest absolute Gasteiger partial charge is 0.347 e. The molecule has 114 valence electrons. The molecule has 1 aromatic rings. The molecule has 0 aliphatic rings. The Hall–Kier alpha value is -1.24. The lowest BCUT2D eigenvalue weighted by Gasteiger charge is -2.25. The predicted molar refractivity (Wildman–Crippen MR) is 70.2 cm³/mol. The molecule has 0 aliphatic carbocycles. The SMILES string of the molecule is CCC(C)(C)c1ccccc1OS(=O)(=O)C(F)C(F)F. The number of rotatable bonds is 6. The van der Waals surface area contributed by atoms with Gasteiger partial charge in [-0.05, 0) is 17.9 Å². The molecule has 7 heteroatoms. The summed E-state index contributed by atoms with van der Waals surface area (Å²) in [7, 11) is -5.02. The lowest BCUT2D eigenvalue weighted by molar-refractivity contribution is 0.0864. The van der Waals surface area contributed by atoms with E-state index in [0.717, 1.165) is 0 Å². The van der Waals surface area contributed by atoms with E-state index in [1.807, 2.05) is 20.8 Å². The molecular formula is C13H17F3O3S. The third-order valence-corrected chi connectivity index (χ3v) is 4.35. The van der Waals surface area contributed by atoms with Crippen LogP contribution >= 0.6 is 0 Å². The summed E-state index contributed by atoms with van der Waals surface area (Å²) in [6.45, 7) is 5.59. The highest BCUT2D eigenvalue weighted by Gasteiger charge is 2.37. The second kappa shape index (κ2) is 6.03. The van der Waals surface area contributed by atoms with Crippen molar-refractivity contribution in [2.45, 2.75) is 44.5 Å². The average molecular weight is 310 g/mol. The van der Waals surface area contributed by atoms with E-state index in [-0.39, 0.29) is 5.75 Å². The number of para-hydroxylation sites is 1. The Morgan fingerprint density at radius 1 is 1.20 bits per heavy atom. The lowest BCUT2D eigenvalue weighted by atomic mass is 9.82. The highest BCUT2D eigenvalue weighted by molar-refractivity contribution is 7.87. The van der Waals surface area contributed by atoms with Crippen molar-refractivity contribution in [3.05, 3.63) is 29.8 Å². The van der Waals surface area contributed by atoms with Gasteiger partial charge in [-0.2, -0.15) is 8.42 Å². The molecule has 0 heterocycles. The molecular weight excluding hydrogens is 293 g/mol. The van der Waals surface area contributed by atoms with Crippen LogP contribution in [0.25, 0.3) is 0 Å². The van der Waals surface area contributed by atoms with Crippen LogP contribution in [0.4, 0.5) is 13.2 Å². The maximum absolute atomic E-state index is 13.0. The maximum Gasteiger partial charge on any atom is 0.347 e. The molecule has 0 saturated carbocycles. The quantitative estimate of drug-likeness (QED) is 0.753. The zero-order chi connectivity index (χ0) is 15.6. The molecule has 0 radical (unpaired) electrons. The molecule has 1 unspecified atom stereocenters. The summed E-state index contributed by atoms with van der Waals surface area (Å²) in [5, 5.41) is 0. The normalized spacial score (nSPS) is 14.3. The van der Waals surface area contributed by atoms with Gasteiger partial charge < -0.3 is 4.18 Å². The van der Waals surface area contributed by atoms with Crippen LogP contribution in [0.2, 0.25) is 0 Å². The molecule has 1 aromatic carbocycles. The summed E-state index contributed by atoms with van der Waals surface area (Å²) in [5.74, 6) is -0.123. The topological polar surface area (TPSA) is 43.4 Å². The van der Waals surface area contributed by atoms with Crippen molar-refractivity contribution >= 4 is 10.1 Å². The number of hydrogen-bond acceptors (Lipinski definition) is 3. The zero-order valence-corrected chi connectivity index (χ0v) is 12.3. The highest BCUT2D eigenvalue weighted by Crippen LogP contribution is 2.35. The van der Waals surface area contributed by atoms with Crippen LogP contribution in [0, 0.1) is 0 Å². The first-order chi connectivity index (χ1) is 9.12. The Morgan fingerprint density at radius 3 is 2.25 bits per heavy atom. The Kier molecular flexibility index (Phi) is 5.07. The van der Waals surface area contributed by atoms with Crippen LogP contribution in [-0.4, -0.2) is 20.3 Å². The Morgan fingerprint density at radius 2 is 1.75 bits per heavy atom. The molecule has 0 bridgehead atoms. The maximum atomic E-state index is 13.0. The van der Waals surface area contributed by atoms with Gasteiger partial charge in [-0.15, -0.1) is 0 Å². The lowest BCUT2D eigenvalue weighted by Crippen LogP contribution is -2.29. The monoisotopic (exact) mass is 310 g/mol. The van der Waals surface area contributed by atoms with E-state index >= 15 is 0 Å². The van der Waals surface area contributed by atoms with Crippen molar-refractivity contribution in [3.63, 3.8) is 0 Å². The minimum Gasteiger partial charge on any atom is -0.380 e. The summed E-state index contributed by atoms with van der Waals surface area (Å²) >= 11 is 0. The van der Waals surface area contributed by atoms with E-state index in [1.54, 1.807) is 12.1 Å². The first-order valence-corrected chi connectivity index (χ1v) is 7.54. The van der Waals surface area contributed by atoms with Crippen LogP contribution in [0.15, 0.2) is 24.3 Å². The number of alkyl halides is 3. The van der Waals surface area contributed by atoms with Gasteiger partial charge in [0, 0.05) is 5.56 Å². The van der Waals surface area contributed by atoms with Crippen molar-refractivity contribution in [2.24, 2.45) is 0 Å². The fourth-order valence-corrected chi connectivity index (χ4v) is 2.33. The molecule has 0 aliphatic heterocycles. The first kappa shape index (κ1) is 16.8. The van der Waals surface area contributed by atoms with Crippen molar-refractivity contribution in [1.82, 2.24) is 0 Å². The van der Waals surface area contributed by atoms with Crippen LogP contribution in [0.1, 0.15) is 32.8 Å². The van der Waals surface area contributed by atoms with Gasteiger partial charge in [-0.3, -0.25) is 0 Å². The molecule has 0 amide bonds. The number of halogens is 3. The third-order valence-electron chi connectivity index (χ3n) is 3.18. The number of benzene rings is 1. The van der Waals surface area contributed by atoms with E-state index in [2.05, 4.69) is 4.18 Å².